The molecule has 3 rings (SSSR count). The number of hydrogen-bond acceptors (Lipinski definition) is 3. The van der Waals surface area contributed by atoms with Gasteiger partial charge < -0.3 is 4.74 Å². The van der Waals surface area contributed by atoms with E-state index in [2.05, 4.69) is 0 Å². The van der Waals surface area contributed by atoms with Gasteiger partial charge in [0.1, 0.15) is 11.6 Å². The van der Waals surface area contributed by atoms with E-state index in [-0.39, 0.29) is 4.90 Å². The molecule has 0 aromatic heterocycles. The number of hydrogen-bond donors (Lipinski definition) is 0. The van der Waals surface area contributed by atoms with Crippen LogP contribution in [0, 0.1) is 5.82 Å². The van der Waals surface area contributed by atoms with Crippen LogP contribution >= 0.6 is 0 Å². The van der Waals surface area contributed by atoms with Gasteiger partial charge >= 0.3 is 0 Å². The van der Waals surface area contributed by atoms with E-state index in [9.17, 15) is 12.8 Å². The Morgan fingerprint density at radius 1 is 0.926 bits per heavy atom. The topological polar surface area (TPSA) is 46.6 Å². The van der Waals surface area contributed by atoms with Crippen LogP contribution in [0.2, 0.25) is 0 Å². The molecule has 0 spiro atoms. The van der Waals surface area contributed by atoms with Crippen LogP contribution in [0.25, 0.3) is 0 Å². The third-order valence-corrected chi connectivity index (χ3v) is 6.23. The lowest BCUT2D eigenvalue weighted by Crippen LogP contribution is -2.34. The van der Waals surface area contributed by atoms with Gasteiger partial charge in [0.2, 0.25) is 0 Å². The molecule has 0 heterocycles. The van der Waals surface area contributed by atoms with Gasteiger partial charge in [-0.3, -0.25) is 4.31 Å². The smallest absolute Gasteiger partial charge is 0.264 e. The van der Waals surface area contributed by atoms with E-state index in [4.69, 9.17) is 4.74 Å². The summed E-state index contributed by atoms with van der Waals surface area (Å²) in [4.78, 5) is 0.135. The van der Waals surface area contributed by atoms with Gasteiger partial charge in [0, 0.05) is 11.6 Å². The maximum absolute atomic E-state index is 14.4. The van der Waals surface area contributed by atoms with E-state index < -0.39 is 21.9 Å². The highest BCUT2D eigenvalue weighted by atomic mass is 32.2. The van der Waals surface area contributed by atoms with Gasteiger partial charge in [0.25, 0.3) is 10.0 Å². The highest BCUT2D eigenvalue weighted by molar-refractivity contribution is 7.92. The van der Waals surface area contributed by atoms with Crippen LogP contribution in [-0.4, -0.2) is 15.5 Å². The van der Waals surface area contributed by atoms with Crippen molar-refractivity contribution in [2.75, 3.05) is 11.4 Å². The van der Waals surface area contributed by atoms with Crippen molar-refractivity contribution >= 4 is 15.7 Å². The third-order valence-electron chi connectivity index (χ3n) is 4.31. The average molecular weight is 385 g/mol. The van der Waals surface area contributed by atoms with Crippen LogP contribution in [0.4, 0.5) is 10.1 Å². The minimum atomic E-state index is -3.93. The zero-order valence-electron chi connectivity index (χ0n) is 15.0. The van der Waals surface area contributed by atoms with Crippen molar-refractivity contribution in [2.24, 2.45) is 0 Å². The average Bonchev–Trinajstić information content (AvgIpc) is 2.69. The number of nitrogens with zero attached hydrogens (tertiary/aromatic N) is 1. The Hall–Kier alpha value is -2.86. The summed E-state index contributed by atoms with van der Waals surface area (Å²) in [7, 11) is -2.42. The number of halogens is 1. The van der Waals surface area contributed by atoms with Gasteiger partial charge in [-0.2, -0.15) is 0 Å². The van der Waals surface area contributed by atoms with Crippen molar-refractivity contribution in [3.05, 3.63) is 90.2 Å². The van der Waals surface area contributed by atoms with Crippen molar-refractivity contribution in [1.82, 2.24) is 0 Å². The molecule has 140 valence electrons. The number of benzene rings is 3. The van der Waals surface area contributed by atoms with Crippen LogP contribution in [0.3, 0.4) is 0 Å². The Balaban J connectivity index is 2.19. The lowest BCUT2D eigenvalue weighted by atomic mass is 10.1. The van der Waals surface area contributed by atoms with E-state index >= 15 is 0 Å². The first-order chi connectivity index (χ1) is 12.9. The van der Waals surface area contributed by atoms with Crippen LogP contribution in [0.15, 0.2) is 83.8 Å². The number of methoxy groups -OCH3 is 1. The fraction of sp³-hybridized carbons (Fsp3) is 0.143. The molecule has 4 nitrogen and oxygen atoms in total. The molecule has 1 atom stereocenters. The number of ether oxygens (including phenoxy) is 1. The van der Waals surface area contributed by atoms with Gasteiger partial charge in [-0.1, -0.05) is 42.5 Å². The number of rotatable bonds is 6. The van der Waals surface area contributed by atoms with E-state index in [1.807, 2.05) is 0 Å². The molecule has 0 aliphatic rings. The van der Waals surface area contributed by atoms with E-state index in [0.717, 1.165) is 0 Å². The molecule has 0 N–H and O–H groups in total. The molecule has 0 bridgehead atoms. The van der Waals surface area contributed by atoms with Gasteiger partial charge in [-0.25, -0.2) is 12.8 Å². The third kappa shape index (κ3) is 3.80. The molecule has 0 aliphatic carbocycles. The summed E-state index contributed by atoms with van der Waals surface area (Å²) < 4.78 is 47.7. The van der Waals surface area contributed by atoms with Gasteiger partial charge in [-0.05, 0) is 37.3 Å². The largest absolute Gasteiger partial charge is 0.497 e. The van der Waals surface area contributed by atoms with Crippen molar-refractivity contribution in [1.29, 1.82) is 0 Å². The quantitative estimate of drug-likeness (QED) is 0.613. The Morgan fingerprint density at radius 3 is 2.26 bits per heavy atom. The first-order valence-electron chi connectivity index (χ1n) is 8.43. The monoisotopic (exact) mass is 385 g/mol. The van der Waals surface area contributed by atoms with Crippen LogP contribution in [0.5, 0.6) is 5.75 Å². The fourth-order valence-corrected chi connectivity index (χ4v) is 4.61. The molecular weight excluding hydrogens is 365 g/mol. The summed E-state index contributed by atoms with van der Waals surface area (Å²) in [5, 5.41) is 0. The summed E-state index contributed by atoms with van der Waals surface area (Å²) in [6.07, 6.45) is 0. The zero-order chi connectivity index (χ0) is 19.4. The fourth-order valence-electron chi connectivity index (χ4n) is 2.96. The standard InChI is InChI=1S/C21H20FNO3S/c1-16(20-13-6-7-14-21(20)22)23(17-9-8-10-18(15-17)26-2)27(24,25)19-11-4-3-5-12-19/h3-16H,1-2H3. The number of sulfonamides is 1. The lowest BCUT2D eigenvalue weighted by Gasteiger charge is -2.31. The molecule has 3 aromatic carbocycles. The maximum Gasteiger partial charge on any atom is 0.264 e. The first kappa shape index (κ1) is 18.9. The second-order valence-electron chi connectivity index (χ2n) is 6.01. The maximum atomic E-state index is 14.4. The van der Waals surface area contributed by atoms with Gasteiger partial charge in [0.15, 0.2) is 0 Å². The van der Waals surface area contributed by atoms with Crippen LogP contribution < -0.4 is 9.04 Å². The molecule has 3 aromatic rings. The Labute approximate surface area is 158 Å². The van der Waals surface area contributed by atoms with E-state index in [0.29, 0.717) is 17.0 Å². The zero-order valence-corrected chi connectivity index (χ0v) is 15.9. The molecule has 0 saturated heterocycles. The van der Waals surface area contributed by atoms with Crippen molar-refractivity contribution in [3.63, 3.8) is 0 Å². The molecule has 0 saturated carbocycles. The molecule has 1 unspecified atom stereocenters. The van der Waals surface area contributed by atoms with Gasteiger partial charge in [0.05, 0.1) is 23.7 Å². The minimum Gasteiger partial charge on any atom is -0.497 e. The summed E-state index contributed by atoms with van der Waals surface area (Å²) in [6.45, 7) is 1.67. The second-order valence-corrected chi connectivity index (χ2v) is 7.83. The van der Waals surface area contributed by atoms with E-state index in [1.165, 1.54) is 29.6 Å². The predicted octanol–water partition coefficient (Wildman–Crippen LogP) is 4.79. The molecular formula is C21H20FNO3S. The molecule has 0 radical (unpaired) electrons. The molecule has 6 heteroatoms. The number of anilines is 1. The highest BCUT2D eigenvalue weighted by Gasteiger charge is 2.31. The summed E-state index contributed by atoms with van der Waals surface area (Å²) in [5.74, 6) is 0.0580. The molecule has 27 heavy (non-hydrogen) atoms. The minimum absolute atomic E-state index is 0.135. The SMILES string of the molecule is COc1cccc(N(C(C)c2ccccc2F)S(=O)(=O)c2ccccc2)c1. The summed E-state index contributed by atoms with van der Waals surface area (Å²) in [6, 6.07) is 20.2. The Kier molecular flexibility index (Phi) is 5.46. The second kappa shape index (κ2) is 7.80. The summed E-state index contributed by atoms with van der Waals surface area (Å²) in [5.41, 5.74) is 0.689. The molecule has 0 amide bonds. The van der Waals surface area contributed by atoms with Crippen molar-refractivity contribution < 1.29 is 17.5 Å². The Bertz CT molecular complexity index is 1020. The summed E-state index contributed by atoms with van der Waals surface area (Å²) >= 11 is 0. The van der Waals surface area contributed by atoms with E-state index in [1.54, 1.807) is 67.6 Å². The van der Waals surface area contributed by atoms with Crippen LogP contribution in [0.1, 0.15) is 18.5 Å². The highest BCUT2D eigenvalue weighted by Crippen LogP contribution is 2.35. The molecule has 0 fully saturated rings. The lowest BCUT2D eigenvalue weighted by molar-refractivity contribution is 0.415. The Morgan fingerprint density at radius 2 is 1.59 bits per heavy atom. The predicted molar refractivity (Wildman–Crippen MR) is 104 cm³/mol. The first-order valence-corrected chi connectivity index (χ1v) is 9.87. The normalized spacial score (nSPS) is 12.4. The molecule has 0 aliphatic heterocycles. The van der Waals surface area contributed by atoms with Gasteiger partial charge in [-0.15, -0.1) is 0 Å². The van der Waals surface area contributed by atoms with Crippen LogP contribution in [-0.2, 0) is 10.0 Å². The van der Waals surface area contributed by atoms with Crippen molar-refractivity contribution in [2.45, 2.75) is 17.9 Å². The van der Waals surface area contributed by atoms with Crippen molar-refractivity contribution in [3.8, 4) is 5.75 Å².